The van der Waals surface area contributed by atoms with Crippen LogP contribution >= 0.6 is 0 Å². The highest BCUT2D eigenvalue weighted by Gasteiger charge is 2.23. The zero-order valence-electron chi connectivity index (χ0n) is 10.7. The molecule has 1 N–H and O–H groups in total. The lowest BCUT2D eigenvalue weighted by atomic mass is 10.1. The first kappa shape index (κ1) is 12.6. The monoisotopic (exact) mass is 237 g/mol. The normalized spacial score (nSPS) is 21.2. The number of aliphatic hydroxyl groups is 1. The summed E-state index contributed by atoms with van der Waals surface area (Å²) in [5, 5.41) is 13.2. The number of hydrogen-bond donors (Lipinski definition) is 1. The van der Waals surface area contributed by atoms with Crippen molar-refractivity contribution in [3.05, 3.63) is 18.0 Å². The Labute approximate surface area is 103 Å². The molecule has 0 aromatic carbocycles. The Morgan fingerprint density at radius 2 is 2.35 bits per heavy atom. The van der Waals surface area contributed by atoms with Crippen LogP contribution in [-0.4, -0.2) is 45.5 Å². The molecule has 1 unspecified atom stereocenters. The van der Waals surface area contributed by atoms with Gasteiger partial charge in [0.15, 0.2) is 0 Å². The predicted octanol–water partition coefficient (Wildman–Crippen LogP) is 1.43. The van der Waals surface area contributed by atoms with Crippen molar-refractivity contribution in [3.63, 3.8) is 0 Å². The van der Waals surface area contributed by atoms with Crippen molar-refractivity contribution >= 4 is 0 Å². The van der Waals surface area contributed by atoms with Gasteiger partial charge in [0.1, 0.15) is 0 Å². The Hall–Kier alpha value is -0.870. The molecule has 2 rings (SSSR count). The Balaban J connectivity index is 1.77. The smallest absolute Gasteiger partial charge is 0.0536 e. The minimum atomic E-state index is 0.322. The average Bonchev–Trinajstić information content (AvgIpc) is 2.92. The van der Waals surface area contributed by atoms with Crippen molar-refractivity contribution in [2.45, 2.75) is 45.2 Å². The third-order valence-corrected chi connectivity index (χ3v) is 3.57. The first-order chi connectivity index (χ1) is 8.29. The Morgan fingerprint density at radius 1 is 1.47 bits per heavy atom. The van der Waals surface area contributed by atoms with E-state index in [0.717, 1.165) is 25.9 Å². The van der Waals surface area contributed by atoms with Crippen LogP contribution in [0.2, 0.25) is 0 Å². The molecule has 17 heavy (non-hydrogen) atoms. The van der Waals surface area contributed by atoms with Gasteiger partial charge < -0.3 is 5.11 Å². The van der Waals surface area contributed by atoms with E-state index in [4.69, 9.17) is 5.11 Å². The predicted molar refractivity (Wildman–Crippen MR) is 67.9 cm³/mol. The molecule has 0 amide bonds. The van der Waals surface area contributed by atoms with E-state index >= 15 is 0 Å². The third-order valence-electron chi connectivity index (χ3n) is 3.57. The highest BCUT2D eigenvalue weighted by Crippen LogP contribution is 2.20. The summed E-state index contributed by atoms with van der Waals surface area (Å²) in [5.41, 5.74) is 1.23. The Bertz CT molecular complexity index is 337. The molecule has 1 saturated heterocycles. The molecule has 1 atom stereocenters. The van der Waals surface area contributed by atoms with E-state index in [2.05, 4.69) is 23.1 Å². The van der Waals surface area contributed by atoms with Crippen LogP contribution in [0.3, 0.4) is 0 Å². The van der Waals surface area contributed by atoms with Crippen LogP contribution in [-0.2, 0) is 6.54 Å². The average molecular weight is 237 g/mol. The Morgan fingerprint density at radius 3 is 3.06 bits per heavy atom. The third kappa shape index (κ3) is 3.54. The molecule has 0 saturated carbocycles. The minimum Gasteiger partial charge on any atom is -0.396 e. The van der Waals surface area contributed by atoms with Gasteiger partial charge in [0.25, 0.3) is 0 Å². The van der Waals surface area contributed by atoms with E-state index in [1.807, 2.05) is 10.9 Å². The summed E-state index contributed by atoms with van der Waals surface area (Å²) in [4.78, 5) is 2.55. The summed E-state index contributed by atoms with van der Waals surface area (Å²) in [7, 11) is 0. The van der Waals surface area contributed by atoms with Crippen LogP contribution < -0.4 is 0 Å². The standard InChI is InChI=1S/C13H23N3O/c1-12-10-14-16(11-12)8-7-15-6-2-4-13(15)5-3-9-17/h10-11,13,17H,2-9H2,1H3. The zero-order valence-corrected chi connectivity index (χ0v) is 10.7. The van der Waals surface area contributed by atoms with Gasteiger partial charge in [-0.3, -0.25) is 9.58 Å². The van der Waals surface area contributed by atoms with Gasteiger partial charge in [-0.2, -0.15) is 5.10 Å². The van der Waals surface area contributed by atoms with Crippen molar-refractivity contribution < 1.29 is 5.11 Å². The summed E-state index contributed by atoms with van der Waals surface area (Å²) in [6.07, 6.45) is 8.66. The fourth-order valence-electron chi connectivity index (χ4n) is 2.66. The van der Waals surface area contributed by atoms with Crippen LogP contribution in [0.4, 0.5) is 0 Å². The summed E-state index contributed by atoms with van der Waals surface area (Å²) < 4.78 is 2.02. The molecule has 2 heterocycles. The van der Waals surface area contributed by atoms with Gasteiger partial charge in [0, 0.05) is 25.4 Å². The number of rotatable bonds is 6. The number of aryl methyl sites for hydroxylation is 1. The van der Waals surface area contributed by atoms with Gasteiger partial charge in [-0.1, -0.05) is 0 Å². The molecule has 0 bridgehead atoms. The number of aromatic nitrogens is 2. The maximum absolute atomic E-state index is 8.89. The molecule has 96 valence electrons. The summed E-state index contributed by atoms with van der Waals surface area (Å²) >= 11 is 0. The van der Waals surface area contributed by atoms with Crippen molar-refractivity contribution in [1.29, 1.82) is 0 Å². The van der Waals surface area contributed by atoms with E-state index in [0.29, 0.717) is 12.6 Å². The molecule has 1 aliphatic rings. The van der Waals surface area contributed by atoms with Crippen molar-refractivity contribution in [2.75, 3.05) is 19.7 Å². The van der Waals surface area contributed by atoms with Crippen molar-refractivity contribution in [3.8, 4) is 0 Å². The first-order valence-corrected chi connectivity index (χ1v) is 6.63. The molecule has 1 aliphatic heterocycles. The lowest BCUT2D eigenvalue weighted by Crippen LogP contribution is -2.32. The lowest BCUT2D eigenvalue weighted by Gasteiger charge is -2.24. The highest BCUT2D eigenvalue weighted by molar-refractivity contribution is 4.99. The molecule has 0 aliphatic carbocycles. The molecule has 1 aromatic heterocycles. The van der Waals surface area contributed by atoms with Crippen LogP contribution in [0, 0.1) is 6.92 Å². The quantitative estimate of drug-likeness (QED) is 0.813. The molecule has 1 aromatic rings. The van der Waals surface area contributed by atoms with Crippen molar-refractivity contribution in [2.24, 2.45) is 0 Å². The first-order valence-electron chi connectivity index (χ1n) is 6.63. The van der Waals surface area contributed by atoms with E-state index < -0.39 is 0 Å². The molecular weight excluding hydrogens is 214 g/mol. The maximum atomic E-state index is 8.89. The molecule has 1 fully saturated rings. The maximum Gasteiger partial charge on any atom is 0.0536 e. The number of hydrogen-bond acceptors (Lipinski definition) is 3. The van der Waals surface area contributed by atoms with E-state index in [1.165, 1.54) is 24.9 Å². The molecule has 0 radical (unpaired) electrons. The summed E-state index contributed by atoms with van der Waals surface area (Å²) in [6, 6.07) is 0.679. The SMILES string of the molecule is Cc1cnn(CCN2CCCC2CCCO)c1. The summed E-state index contributed by atoms with van der Waals surface area (Å²) in [6.45, 7) is 5.66. The Kier molecular flexibility index (Phi) is 4.57. The van der Waals surface area contributed by atoms with Gasteiger partial charge in [-0.05, 0) is 44.7 Å². The number of aliphatic hydroxyl groups excluding tert-OH is 1. The molecular formula is C13H23N3O. The zero-order chi connectivity index (χ0) is 12.1. The van der Waals surface area contributed by atoms with E-state index in [-0.39, 0.29) is 0 Å². The van der Waals surface area contributed by atoms with Gasteiger partial charge in [-0.15, -0.1) is 0 Å². The molecule has 4 heteroatoms. The fourth-order valence-corrected chi connectivity index (χ4v) is 2.66. The van der Waals surface area contributed by atoms with Crippen LogP contribution in [0.15, 0.2) is 12.4 Å². The molecule has 4 nitrogen and oxygen atoms in total. The largest absolute Gasteiger partial charge is 0.396 e. The van der Waals surface area contributed by atoms with E-state index in [9.17, 15) is 0 Å². The van der Waals surface area contributed by atoms with Gasteiger partial charge in [0.05, 0.1) is 12.7 Å². The molecule has 0 spiro atoms. The van der Waals surface area contributed by atoms with Crippen LogP contribution in [0.1, 0.15) is 31.2 Å². The van der Waals surface area contributed by atoms with Gasteiger partial charge >= 0.3 is 0 Å². The topological polar surface area (TPSA) is 41.3 Å². The summed E-state index contributed by atoms with van der Waals surface area (Å²) in [5.74, 6) is 0. The number of nitrogens with zero attached hydrogens (tertiary/aromatic N) is 3. The van der Waals surface area contributed by atoms with Crippen LogP contribution in [0.25, 0.3) is 0 Å². The van der Waals surface area contributed by atoms with Gasteiger partial charge in [0.2, 0.25) is 0 Å². The fraction of sp³-hybridized carbons (Fsp3) is 0.769. The van der Waals surface area contributed by atoms with Crippen LogP contribution in [0.5, 0.6) is 0 Å². The second kappa shape index (κ2) is 6.17. The second-order valence-electron chi connectivity index (χ2n) is 4.98. The number of likely N-dealkylation sites (tertiary alicyclic amines) is 1. The van der Waals surface area contributed by atoms with Gasteiger partial charge in [-0.25, -0.2) is 0 Å². The minimum absolute atomic E-state index is 0.322. The second-order valence-corrected chi connectivity index (χ2v) is 4.98. The van der Waals surface area contributed by atoms with Crippen molar-refractivity contribution in [1.82, 2.24) is 14.7 Å². The van der Waals surface area contributed by atoms with E-state index in [1.54, 1.807) is 0 Å². The lowest BCUT2D eigenvalue weighted by molar-refractivity contribution is 0.208. The highest BCUT2D eigenvalue weighted by atomic mass is 16.2.